The van der Waals surface area contributed by atoms with Crippen molar-refractivity contribution < 1.29 is 13.2 Å². The van der Waals surface area contributed by atoms with Crippen molar-refractivity contribution in [3.8, 4) is 11.6 Å². The molecule has 34 heavy (non-hydrogen) atoms. The van der Waals surface area contributed by atoms with Crippen molar-refractivity contribution in [1.82, 2.24) is 24.1 Å². The van der Waals surface area contributed by atoms with Crippen LogP contribution in [0.25, 0.3) is 5.82 Å². The Morgan fingerprint density at radius 2 is 1.62 bits per heavy atom. The molecule has 0 atom stereocenters. The molecule has 4 rings (SSSR count). The summed E-state index contributed by atoms with van der Waals surface area (Å²) in [6, 6.07) is 10.6. The summed E-state index contributed by atoms with van der Waals surface area (Å²) in [6.07, 6.45) is 2.02. The molecule has 0 aliphatic carbocycles. The zero-order valence-corrected chi connectivity index (χ0v) is 21.0. The van der Waals surface area contributed by atoms with Crippen molar-refractivity contribution in [1.29, 1.82) is 0 Å². The van der Waals surface area contributed by atoms with Gasteiger partial charge in [-0.3, -0.25) is 0 Å². The third-order valence-corrected chi connectivity index (χ3v) is 7.74. The number of nitrogens with zero attached hydrogens (tertiary/aromatic N) is 6. The smallest absolute Gasteiger partial charge is 0.243 e. The van der Waals surface area contributed by atoms with Crippen LogP contribution in [0.4, 0.5) is 5.82 Å². The molecule has 0 radical (unpaired) electrons. The molecule has 10 heteroatoms. The van der Waals surface area contributed by atoms with E-state index in [4.69, 9.17) is 4.74 Å². The molecule has 3 aromatic rings. The Kier molecular flexibility index (Phi) is 7.18. The summed E-state index contributed by atoms with van der Waals surface area (Å²) in [5.74, 6) is 2.83. The molecule has 0 N–H and O–H groups in total. The van der Waals surface area contributed by atoms with Crippen LogP contribution in [-0.4, -0.2) is 65.3 Å². The molecule has 182 valence electrons. The Morgan fingerprint density at radius 3 is 2.24 bits per heavy atom. The topological polar surface area (TPSA) is 93.5 Å². The number of aryl methyl sites for hydroxylation is 3. The fourth-order valence-electron chi connectivity index (χ4n) is 4.02. The maximum atomic E-state index is 13.2. The van der Waals surface area contributed by atoms with E-state index in [0.717, 1.165) is 30.0 Å². The van der Waals surface area contributed by atoms with Crippen LogP contribution >= 0.6 is 0 Å². The van der Waals surface area contributed by atoms with Gasteiger partial charge in [0.2, 0.25) is 10.0 Å². The summed E-state index contributed by atoms with van der Waals surface area (Å²) in [4.78, 5) is 11.5. The number of sulfonamides is 1. The molecule has 0 amide bonds. The zero-order valence-electron chi connectivity index (χ0n) is 20.2. The lowest BCUT2D eigenvalue weighted by Gasteiger charge is -2.34. The van der Waals surface area contributed by atoms with Gasteiger partial charge in [0, 0.05) is 37.9 Å². The standard InChI is InChI=1S/C24H32N6O3S/c1-5-6-15-33-21-7-9-22(10-8-21)34(31,32)29-13-11-28(12-14-29)23-17-24(26-20(4)25-23)30-19(3)16-18(2)27-30/h7-10,16-17H,5-6,11-15H2,1-4H3. The van der Waals surface area contributed by atoms with E-state index in [2.05, 4.69) is 26.9 Å². The van der Waals surface area contributed by atoms with Gasteiger partial charge in [0.1, 0.15) is 17.4 Å². The monoisotopic (exact) mass is 484 g/mol. The van der Waals surface area contributed by atoms with Gasteiger partial charge >= 0.3 is 0 Å². The Morgan fingerprint density at radius 1 is 0.941 bits per heavy atom. The molecule has 1 fully saturated rings. The van der Waals surface area contributed by atoms with Crippen LogP contribution in [-0.2, 0) is 10.0 Å². The van der Waals surface area contributed by atoms with Crippen molar-refractivity contribution in [2.75, 3.05) is 37.7 Å². The summed E-state index contributed by atoms with van der Waals surface area (Å²) >= 11 is 0. The molecule has 0 spiro atoms. The molecular formula is C24H32N6O3S. The van der Waals surface area contributed by atoms with Crippen molar-refractivity contribution in [2.24, 2.45) is 0 Å². The Balaban J connectivity index is 1.44. The highest BCUT2D eigenvalue weighted by Crippen LogP contribution is 2.23. The van der Waals surface area contributed by atoms with Crippen LogP contribution in [0.15, 0.2) is 41.3 Å². The second-order valence-corrected chi connectivity index (χ2v) is 10.5. The Bertz CT molecular complexity index is 1230. The lowest BCUT2D eigenvalue weighted by atomic mass is 10.3. The highest BCUT2D eigenvalue weighted by molar-refractivity contribution is 7.89. The molecular weight excluding hydrogens is 452 g/mol. The van der Waals surface area contributed by atoms with E-state index < -0.39 is 10.0 Å². The first kappa shape index (κ1) is 24.2. The number of unbranched alkanes of at least 4 members (excludes halogenated alkanes) is 1. The van der Waals surface area contributed by atoms with Gasteiger partial charge in [-0.2, -0.15) is 9.40 Å². The summed E-state index contributed by atoms with van der Waals surface area (Å²) in [5.41, 5.74) is 1.92. The summed E-state index contributed by atoms with van der Waals surface area (Å²) in [6.45, 7) is 10.4. The van der Waals surface area contributed by atoms with Crippen LogP contribution in [0, 0.1) is 20.8 Å². The van der Waals surface area contributed by atoms with Gasteiger partial charge in [0.15, 0.2) is 5.82 Å². The van der Waals surface area contributed by atoms with E-state index in [-0.39, 0.29) is 4.90 Å². The van der Waals surface area contributed by atoms with Gasteiger partial charge in [0.25, 0.3) is 0 Å². The number of anilines is 1. The molecule has 0 saturated carbocycles. The molecule has 9 nitrogen and oxygen atoms in total. The minimum Gasteiger partial charge on any atom is -0.494 e. The second-order valence-electron chi connectivity index (χ2n) is 8.54. The molecule has 1 saturated heterocycles. The summed E-state index contributed by atoms with van der Waals surface area (Å²) < 4.78 is 35.3. The third kappa shape index (κ3) is 5.23. The first-order valence-electron chi connectivity index (χ1n) is 11.6. The van der Waals surface area contributed by atoms with Crippen molar-refractivity contribution >= 4 is 15.8 Å². The summed E-state index contributed by atoms with van der Waals surface area (Å²) in [5, 5.41) is 4.52. The molecule has 3 heterocycles. The lowest BCUT2D eigenvalue weighted by molar-refractivity contribution is 0.309. The minimum absolute atomic E-state index is 0.286. The number of hydrogen-bond donors (Lipinski definition) is 0. The number of piperazine rings is 1. The number of rotatable bonds is 8. The van der Waals surface area contributed by atoms with E-state index in [1.165, 1.54) is 4.31 Å². The van der Waals surface area contributed by atoms with Crippen LogP contribution in [0.5, 0.6) is 5.75 Å². The van der Waals surface area contributed by atoms with E-state index in [9.17, 15) is 8.42 Å². The third-order valence-electron chi connectivity index (χ3n) is 5.83. The van der Waals surface area contributed by atoms with Crippen LogP contribution in [0.2, 0.25) is 0 Å². The maximum Gasteiger partial charge on any atom is 0.243 e. The molecule has 0 bridgehead atoms. The highest BCUT2D eigenvalue weighted by atomic mass is 32.2. The quantitative estimate of drug-likeness (QED) is 0.453. The number of aromatic nitrogens is 4. The second kappa shape index (κ2) is 10.1. The predicted molar refractivity (Wildman–Crippen MR) is 131 cm³/mol. The van der Waals surface area contributed by atoms with Crippen molar-refractivity contribution in [3.05, 3.63) is 53.6 Å². The van der Waals surface area contributed by atoms with Crippen molar-refractivity contribution in [3.63, 3.8) is 0 Å². The number of hydrogen-bond acceptors (Lipinski definition) is 7. The molecule has 2 aromatic heterocycles. The first-order chi connectivity index (χ1) is 16.3. The van der Waals surface area contributed by atoms with E-state index >= 15 is 0 Å². The van der Waals surface area contributed by atoms with Crippen LogP contribution in [0.1, 0.15) is 37.0 Å². The van der Waals surface area contributed by atoms with Crippen LogP contribution in [0.3, 0.4) is 0 Å². The van der Waals surface area contributed by atoms with E-state index in [1.54, 1.807) is 24.3 Å². The predicted octanol–water partition coefficient (Wildman–Crippen LogP) is 3.28. The van der Waals surface area contributed by atoms with Crippen LogP contribution < -0.4 is 9.64 Å². The fraction of sp³-hybridized carbons (Fsp3) is 0.458. The molecule has 1 aromatic carbocycles. The fourth-order valence-corrected chi connectivity index (χ4v) is 5.44. The van der Waals surface area contributed by atoms with E-state index in [1.807, 2.05) is 37.6 Å². The Labute approximate surface area is 201 Å². The number of benzene rings is 1. The average molecular weight is 485 g/mol. The minimum atomic E-state index is -3.57. The van der Waals surface area contributed by atoms with Gasteiger partial charge < -0.3 is 9.64 Å². The molecule has 1 aliphatic heterocycles. The average Bonchev–Trinajstić information content (AvgIpc) is 3.17. The SMILES string of the molecule is CCCCOc1ccc(S(=O)(=O)N2CCN(c3cc(-n4nc(C)cc4C)nc(C)n3)CC2)cc1. The zero-order chi connectivity index (χ0) is 24.3. The van der Waals surface area contributed by atoms with Gasteiger partial charge in [0.05, 0.1) is 17.2 Å². The normalized spacial score (nSPS) is 15.0. The Hall–Kier alpha value is -2.98. The van der Waals surface area contributed by atoms with Gasteiger partial charge in [-0.05, 0) is 57.5 Å². The summed E-state index contributed by atoms with van der Waals surface area (Å²) in [7, 11) is -3.57. The largest absolute Gasteiger partial charge is 0.494 e. The molecule has 1 aliphatic rings. The lowest BCUT2D eigenvalue weighted by Crippen LogP contribution is -2.49. The van der Waals surface area contributed by atoms with Gasteiger partial charge in [-0.25, -0.2) is 23.1 Å². The molecule has 0 unspecified atom stereocenters. The maximum absolute atomic E-state index is 13.2. The van der Waals surface area contributed by atoms with Gasteiger partial charge in [-0.15, -0.1) is 0 Å². The van der Waals surface area contributed by atoms with Crippen molar-refractivity contribution in [2.45, 2.75) is 45.4 Å². The first-order valence-corrected chi connectivity index (χ1v) is 13.1. The number of ether oxygens (including phenoxy) is 1. The van der Waals surface area contributed by atoms with Gasteiger partial charge in [-0.1, -0.05) is 13.3 Å². The highest BCUT2D eigenvalue weighted by Gasteiger charge is 2.29. The van der Waals surface area contributed by atoms with E-state index in [0.29, 0.717) is 50.2 Å².